The molecule has 0 bridgehead atoms. The molecule has 0 aromatic carbocycles. The van der Waals surface area contributed by atoms with Crippen molar-refractivity contribution in [1.82, 2.24) is 0 Å². The van der Waals surface area contributed by atoms with Gasteiger partial charge in [0.05, 0.1) is 0 Å². The maximum atomic E-state index is 11.4. The molecular weight excluding hydrogens is 298 g/mol. The van der Waals surface area contributed by atoms with Gasteiger partial charge >= 0.3 is 0 Å². The minimum Gasteiger partial charge on any atom is -0.470 e. The molecular formula is C21H39NO2. The summed E-state index contributed by atoms with van der Waals surface area (Å²) in [6, 6.07) is 0. The van der Waals surface area contributed by atoms with Gasteiger partial charge in [0.25, 0.3) is 5.91 Å². The van der Waals surface area contributed by atoms with Gasteiger partial charge in [0, 0.05) is 5.92 Å². The second-order valence-corrected chi connectivity index (χ2v) is 7.49. The Morgan fingerprint density at radius 3 is 1.75 bits per heavy atom. The molecule has 1 amide bonds. The molecule has 2 atom stereocenters. The van der Waals surface area contributed by atoms with Crippen LogP contribution in [0.4, 0.5) is 0 Å². The molecule has 0 spiro atoms. The van der Waals surface area contributed by atoms with Crippen molar-refractivity contribution in [2.45, 2.75) is 116 Å². The minimum absolute atomic E-state index is 0.104. The van der Waals surface area contributed by atoms with Crippen LogP contribution in [0.1, 0.15) is 110 Å². The number of hydrogen-bond acceptors (Lipinski definition) is 2. The quantitative estimate of drug-likeness (QED) is 0.304. The molecule has 0 radical (unpaired) electrons. The third-order valence-corrected chi connectivity index (χ3v) is 5.16. The number of aliphatic imine (C=N–C) groups is 1. The van der Waals surface area contributed by atoms with Gasteiger partial charge in [0.1, 0.15) is 0 Å². The van der Waals surface area contributed by atoms with E-state index in [4.69, 9.17) is 4.74 Å². The Bertz CT molecular complexity index is 341. The molecule has 2 unspecified atom stereocenters. The van der Waals surface area contributed by atoms with Gasteiger partial charge in [0.15, 0.2) is 12.5 Å². The van der Waals surface area contributed by atoms with Crippen LogP contribution in [-0.2, 0) is 9.53 Å². The van der Waals surface area contributed by atoms with Crippen LogP contribution in [0.3, 0.4) is 0 Å². The van der Waals surface area contributed by atoms with E-state index in [9.17, 15) is 4.79 Å². The van der Waals surface area contributed by atoms with Gasteiger partial charge in [-0.15, -0.1) is 0 Å². The average molecular weight is 338 g/mol. The molecule has 1 aliphatic rings. The zero-order chi connectivity index (χ0) is 17.5. The smallest absolute Gasteiger partial charge is 0.289 e. The van der Waals surface area contributed by atoms with Crippen LogP contribution in [0, 0.1) is 5.92 Å². The van der Waals surface area contributed by atoms with E-state index in [1.807, 2.05) is 0 Å². The first kappa shape index (κ1) is 21.2. The molecule has 0 fully saturated rings. The lowest BCUT2D eigenvalue weighted by molar-refractivity contribution is -0.124. The van der Waals surface area contributed by atoms with Crippen molar-refractivity contribution in [1.29, 1.82) is 0 Å². The molecule has 0 saturated heterocycles. The summed E-state index contributed by atoms with van der Waals surface area (Å²) >= 11 is 0. The van der Waals surface area contributed by atoms with Crippen LogP contribution in [0.5, 0.6) is 0 Å². The first-order chi connectivity index (χ1) is 11.8. The van der Waals surface area contributed by atoms with E-state index in [2.05, 4.69) is 18.8 Å². The van der Waals surface area contributed by atoms with Crippen molar-refractivity contribution in [2.24, 2.45) is 10.9 Å². The predicted molar refractivity (Wildman–Crippen MR) is 102 cm³/mol. The number of rotatable bonds is 16. The summed E-state index contributed by atoms with van der Waals surface area (Å²) in [5.74, 6) is 0.185. The van der Waals surface area contributed by atoms with Gasteiger partial charge in [-0.1, -0.05) is 104 Å². The molecule has 3 nitrogen and oxygen atoms in total. The van der Waals surface area contributed by atoms with E-state index in [1.165, 1.54) is 96.3 Å². The highest BCUT2D eigenvalue weighted by atomic mass is 16.5. The van der Waals surface area contributed by atoms with Gasteiger partial charge < -0.3 is 4.74 Å². The summed E-state index contributed by atoms with van der Waals surface area (Å²) in [5, 5.41) is 0. The third-order valence-electron chi connectivity index (χ3n) is 5.16. The van der Waals surface area contributed by atoms with Crippen LogP contribution < -0.4 is 0 Å². The van der Waals surface area contributed by atoms with Crippen LogP contribution >= 0.6 is 0 Å². The van der Waals surface area contributed by atoms with E-state index < -0.39 is 0 Å². The molecule has 1 rings (SSSR count). The molecule has 140 valence electrons. The Kier molecular flexibility index (Phi) is 12.8. The fraction of sp³-hybridized carbons (Fsp3) is 0.905. The predicted octanol–water partition coefficient (Wildman–Crippen LogP) is 6.45. The maximum absolute atomic E-state index is 11.4. The minimum atomic E-state index is -0.313. The van der Waals surface area contributed by atoms with Crippen LogP contribution in [0.15, 0.2) is 4.99 Å². The van der Waals surface area contributed by atoms with E-state index in [1.54, 1.807) is 0 Å². The average Bonchev–Trinajstić information content (AvgIpc) is 3.01. The van der Waals surface area contributed by atoms with Gasteiger partial charge in [0.2, 0.25) is 0 Å². The molecule has 3 heteroatoms. The van der Waals surface area contributed by atoms with Crippen molar-refractivity contribution in [2.75, 3.05) is 0 Å². The number of hydrogen-bond donors (Lipinski definition) is 0. The third kappa shape index (κ3) is 10.1. The van der Waals surface area contributed by atoms with Crippen LogP contribution in [0.2, 0.25) is 0 Å². The number of carbonyl (C=O) groups excluding carboxylic acids is 1. The fourth-order valence-corrected chi connectivity index (χ4v) is 3.47. The second kappa shape index (κ2) is 14.5. The lowest BCUT2D eigenvalue weighted by atomic mass is 9.96. The largest absolute Gasteiger partial charge is 0.470 e. The fourth-order valence-electron chi connectivity index (χ4n) is 3.47. The molecule has 0 aliphatic carbocycles. The number of ether oxygens (including phenoxy) is 1. The Morgan fingerprint density at radius 1 is 0.875 bits per heavy atom. The summed E-state index contributed by atoms with van der Waals surface area (Å²) in [6.45, 7) is 4.38. The van der Waals surface area contributed by atoms with Crippen molar-refractivity contribution >= 4 is 12.3 Å². The zero-order valence-electron chi connectivity index (χ0n) is 16.1. The monoisotopic (exact) mass is 337 g/mol. The van der Waals surface area contributed by atoms with Gasteiger partial charge in [-0.3, -0.25) is 4.79 Å². The van der Waals surface area contributed by atoms with Crippen LogP contribution in [0.25, 0.3) is 0 Å². The lowest BCUT2D eigenvalue weighted by Gasteiger charge is -2.15. The topological polar surface area (TPSA) is 38.7 Å². The van der Waals surface area contributed by atoms with Gasteiger partial charge in [-0.2, -0.15) is 4.99 Å². The molecule has 1 heterocycles. The summed E-state index contributed by atoms with van der Waals surface area (Å²) in [5.41, 5.74) is 0. The van der Waals surface area contributed by atoms with E-state index in [-0.39, 0.29) is 17.9 Å². The summed E-state index contributed by atoms with van der Waals surface area (Å²) in [7, 11) is 0. The summed E-state index contributed by atoms with van der Waals surface area (Å²) < 4.78 is 5.26. The maximum Gasteiger partial charge on any atom is 0.289 e. The zero-order valence-corrected chi connectivity index (χ0v) is 16.1. The number of amides is 1. The molecule has 0 aromatic rings. The molecule has 0 N–H and O–H groups in total. The Labute approximate surface area is 149 Å². The number of carbonyl (C=O) groups is 1. The number of nitrogens with zero attached hydrogens (tertiary/aromatic N) is 1. The highest BCUT2D eigenvalue weighted by Crippen LogP contribution is 2.20. The number of unbranched alkanes of at least 4 members (excludes halogenated alkanes) is 13. The SMILES string of the molecule is CCCCCCCCCCCCCCCCC(C)C1OC=NC1=O. The normalized spacial score (nSPS) is 18.1. The van der Waals surface area contributed by atoms with E-state index >= 15 is 0 Å². The van der Waals surface area contributed by atoms with Crippen molar-refractivity contribution in [3.8, 4) is 0 Å². The summed E-state index contributed by atoms with van der Waals surface area (Å²) in [4.78, 5) is 15.1. The standard InChI is InChI=1S/C21H39NO2/c1-3-4-5-6-7-8-9-10-11-12-13-14-15-16-17-19(2)20-21(23)22-18-24-20/h18-20H,3-17H2,1-2H3. The lowest BCUT2D eigenvalue weighted by Crippen LogP contribution is -2.24. The Hall–Kier alpha value is -0.860. The van der Waals surface area contributed by atoms with E-state index in [0.717, 1.165) is 6.42 Å². The molecule has 1 aliphatic heterocycles. The highest BCUT2D eigenvalue weighted by molar-refractivity contribution is 5.91. The van der Waals surface area contributed by atoms with Gasteiger partial charge in [-0.25, -0.2) is 0 Å². The first-order valence-corrected chi connectivity index (χ1v) is 10.5. The van der Waals surface area contributed by atoms with Crippen molar-refractivity contribution < 1.29 is 9.53 Å². The molecule has 0 aromatic heterocycles. The molecule has 0 saturated carbocycles. The molecule has 24 heavy (non-hydrogen) atoms. The first-order valence-electron chi connectivity index (χ1n) is 10.5. The highest BCUT2D eigenvalue weighted by Gasteiger charge is 2.28. The Balaban J connectivity index is 1.77. The van der Waals surface area contributed by atoms with Crippen LogP contribution in [-0.4, -0.2) is 18.4 Å². The Morgan fingerprint density at radius 2 is 1.33 bits per heavy atom. The van der Waals surface area contributed by atoms with Gasteiger partial charge in [-0.05, 0) is 6.42 Å². The van der Waals surface area contributed by atoms with Crippen molar-refractivity contribution in [3.63, 3.8) is 0 Å². The van der Waals surface area contributed by atoms with Crippen molar-refractivity contribution in [3.05, 3.63) is 0 Å². The summed E-state index contributed by atoms with van der Waals surface area (Å²) in [6.07, 6.45) is 21.4. The van der Waals surface area contributed by atoms with E-state index in [0.29, 0.717) is 0 Å². The second-order valence-electron chi connectivity index (χ2n) is 7.49.